The number of amides is 1. The molecule has 0 atom stereocenters. The molecular weight excluding hydrogens is 467 g/mol. The molecule has 3 aromatic rings. The monoisotopic (exact) mass is 490 g/mol. The maximum Gasteiger partial charge on any atom is 0.244 e. The fourth-order valence-corrected chi connectivity index (χ4v) is 5.81. The Morgan fingerprint density at radius 3 is 2.19 bits per heavy atom. The molecule has 0 saturated heterocycles. The molecule has 1 amide bonds. The van der Waals surface area contributed by atoms with Crippen LogP contribution in [-0.2, 0) is 21.4 Å². The first kappa shape index (κ1) is 24.3. The lowest BCUT2D eigenvalue weighted by Crippen LogP contribution is -2.38. The summed E-state index contributed by atoms with van der Waals surface area (Å²) in [7, 11) is -3.97. The van der Waals surface area contributed by atoms with Gasteiger partial charge in [0.2, 0.25) is 15.9 Å². The number of rotatable bonds is 7. The minimum absolute atomic E-state index is 0.0482. The molecule has 0 bridgehead atoms. The van der Waals surface area contributed by atoms with Gasteiger partial charge in [0.25, 0.3) is 0 Å². The molecule has 0 radical (unpaired) electrons. The van der Waals surface area contributed by atoms with E-state index in [0.29, 0.717) is 21.8 Å². The van der Waals surface area contributed by atoms with Gasteiger partial charge in [0.15, 0.2) is 0 Å². The van der Waals surface area contributed by atoms with Gasteiger partial charge in [-0.1, -0.05) is 77.3 Å². The highest BCUT2D eigenvalue weighted by Crippen LogP contribution is 2.30. The summed E-state index contributed by atoms with van der Waals surface area (Å²) in [5, 5.41) is 3.16. The van der Waals surface area contributed by atoms with Crippen molar-refractivity contribution in [2.75, 3.05) is 11.9 Å². The molecule has 1 N–H and O–H groups in total. The van der Waals surface area contributed by atoms with E-state index in [4.69, 9.17) is 23.2 Å². The fraction of sp³-hybridized carbons (Fsp3) is 0.208. The van der Waals surface area contributed by atoms with Crippen LogP contribution in [0, 0.1) is 20.8 Å². The third-order valence-electron chi connectivity index (χ3n) is 4.95. The number of nitrogens with one attached hydrogen (secondary N) is 1. The van der Waals surface area contributed by atoms with Crippen LogP contribution in [0.25, 0.3) is 0 Å². The van der Waals surface area contributed by atoms with E-state index < -0.39 is 15.9 Å². The van der Waals surface area contributed by atoms with E-state index >= 15 is 0 Å². The second kappa shape index (κ2) is 10.0. The summed E-state index contributed by atoms with van der Waals surface area (Å²) in [6, 6.07) is 17.7. The van der Waals surface area contributed by atoms with Crippen LogP contribution in [0.15, 0.2) is 65.6 Å². The normalized spacial score (nSPS) is 11.6. The van der Waals surface area contributed by atoms with Gasteiger partial charge in [0.1, 0.15) is 0 Å². The molecule has 0 aliphatic heterocycles. The Hall–Kier alpha value is -2.38. The molecule has 3 aromatic carbocycles. The number of halogens is 2. The van der Waals surface area contributed by atoms with E-state index in [9.17, 15) is 13.2 Å². The minimum Gasteiger partial charge on any atom is -0.324 e. The van der Waals surface area contributed by atoms with Gasteiger partial charge in [-0.05, 0) is 49.6 Å². The molecule has 32 heavy (non-hydrogen) atoms. The molecule has 0 spiro atoms. The lowest BCUT2D eigenvalue weighted by atomic mass is 10.1. The zero-order valence-corrected chi connectivity index (χ0v) is 20.4. The zero-order valence-electron chi connectivity index (χ0n) is 18.0. The summed E-state index contributed by atoms with van der Waals surface area (Å²) in [5.41, 5.74) is 3.34. The second-order valence-corrected chi connectivity index (χ2v) is 10.3. The smallest absolute Gasteiger partial charge is 0.244 e. The molecule has 5 nitrogen and oxygen atoms in total. The van der Waals surface area contributed by atoms with Crippen LogP contribution in [0.3, 0.4) is 0 Å². The first-order valence-electron chi connectivity index (χ1n) is 9.95. The van der Waals surface area contributed by atoms with Crippen LogP contribution >= 0.6 is 23.2 Å². The summed E-state index contributed by atoms with van der Waals surface area (Å²) in [5.74, 6) is -0.518. The summed E-state index contributed by atoms with van der Waals surface area (Å²) in [6.45, 7) is 5.11. The topological polar surface area (TPSA) is 66.5 Å². The van der Waals surface area contributed by atoms with Gasteiger partial charge in [-0.25, -0.2) is 8.42 Å². The third-order valence-corrected chi connectivity index (χ3v) is 7.87. The number of aryl methyl sites for hydroxylation is 3. The van der Waals surface area contributed by atoms with Gasteiger partial charge in [-0.2, -0.15) is 4.31 Å². The van der Waals surface area contributed by atoms with Crippen molar-refractivity contribution in [2.24, 2.45) is 0 Å². The Balaban J connectivity index is 1.97. The summed E-state index contributed by atoms with van der Waals surface area (Å²) >= 11 is 12.2. The van der Waals surface area contributed by atoms with E-state index in [-0.39, 0.29) is 23.0 Å². The van der Waals surface area contributed by atoms with Crippen molar-refractivity contribution in [2.45, 2.75) is 32.2 Å². The maximum absolute atomic E-state index is 13.7. The van der Waals surface area contributed by atoms with Crippen molar-refractivity contribution in [1.29, 1.82) is 0 Å². The average molecular weight is 491 g/mol. The van der Waals surface area contributed by atoms with Gasteiger partial charge in [-0.3, -0.25) is 4.79 Å². The van der Waals surface area contributed by atoms with Gasteiger partial charge in [0.05, 0.1) is 27.2 Å². The number of nitrogens with zero attached hydrogens (tertiary/aromatic N) is 1. The van der Waals surface area contributed by atoms with Gasteiger partial charge < -0.3 is 5.32 Å². The summed E-state index contributed by atoms with van der Waals surface area (Å²) < 4.78 is 28.6. The lowest BCUT2D eigenvalue weighted by Gasteiger charge is -2.24. The number of carbonyl (C=O) groups excluding carboxylic acids is 1. The standard InChI is InChI=1S/C24H24Cl2N2O3S/c1-16-12-17(2)24(18(3)13-16)32(30,31)28(14-19-8-5-4-6-9-19)15-22(29)27-21-11-7-10-20(25)23(21)26/h4-13H,14-15H2,1-3H3,(H,27,29). The summed E-state index contributed by atoms with van der Waals surface area (Å²) in [4.78, 5) is 13.1. The van der Waals surface area contributed by atoms with Crippen LogP contribution in [-0.4, -0.2) is 25.2 Å². The van der Waals surface area contributed by atoms with E-state index in [0.717, 1.165) is 11.1 Å². The predicted octanol–water partition coefficient (Wildman–Crippen LogP) is 5.75. The quantitative estimate of drug-likeness (QED) is 0.458. The first-order valence-corrected chi connectivity index (χ1v) is 12.1. The van der Waals surface area contributed by atoms with Gasteiger partial charge >= 0.3 is 0 Å². The number of hydrogen-bond donors (Lipinski definition) is 1. The molecular formula is C24H24Cl2N2O3S. The van der Waals surface area contributed by atoms with Crippen LogP contribution in [0.1, 0.15) is 22.3 Å². The fourth-order valence-electron chi connectivity index (χ4n) is 3.67. The number of sulfonamides is 1. The highest BCUT2D eigenvalue weighted by molar-refractivity contribution is 7.89. The van der Waals surface area contributed by atoms with Crippen LogP contribution in [0.4, 0.5) is 5.69 Å². The molecule has 0 heterocycles. The van der Waals surface area contributed by atoms with E-state index in [1.165, 1.54) is 4.31 Å². The highest BCUT2D eigenvalue weighted by atomic mass is 35.5. The average Bonchev–Trinajstić information content (AvgIpc) is 2.70. The van der Waals surface area contributed by atoms with Crippen molar-refractivity contribution in [3.05, 3.63) is 93.0 Å². The van der Waals surface area contributed by atoms with Crippen molar-refractivity contribution in [3.63, 3.8) is 0 Å². The van der Waals surface area contributed by atoms with E-state index in [1.54, 1.807) is 32.0 Å². The predicted molar refractivity (Wildman–Crippen MR) is 130 cm³/mol. The Labute approximate surface area is 199 Å². The number of benzene rings is 3. The molecule has 0 aromatic heterocycles. The first-order chi connectivity index (χ1) is 15.1. The Morgan fingerprint density at radius 2 is 1.56 bits per heavy atom. The van der Waals surface area contributed by atoms with Crippen molar-refractivity contribution >= 4 is 44.8 Å². The highest BCUT2D eigenvalue weighted by Gasteiger charge is 2.30. The van der Waals surface area contributed by atoms with Crippen molar-refractivity contribution in [3.8, 4) is 0 Å². The van der Waals surface area contributed by atoms with E-state index in [1.807, 2.05) is 49.4 Å². The maximum atomic E-state index is 13.7. The Kier molecular flexibility index (Phi) is 7.62. The van der Waals surface area contributed by atoms with Crippen LogP contribution < -0.4 is 5.32 Å². The van der Waals surface area contributed by atoms with E-state index in [2.05, 4.69) is 5.32 Å². The second-order valence-electron chi connectivity index (χ2n) is 7.64. The van der Waals surface area contributed by atoms with Crippen molar-refractivity contribution in [1.82, 2.24) is 4.31 Å². The Bertz CT molecular complexity index is 1220. The van der Waals surface area contributed by atoms with Crippen LogP contribution in [0.2, 0.25) is 10.0 Å². The summed E-state index contributed by atoms with van der Waals surface area (Å²) in [6.07, 6.45) is 0. The lowest BCUT2D eigenvalue weighted by molar-refractivity contribution is -0.116. The molecule has 0 unspecified atom stereocenters. The molecule has 0 aliphatic rings. The number of hydrogen-bond acceptors (Lipinski definition) is 3. The SMILES string of the molecule is Cc1cc(C)c(S(=O)(=O)N(CC(=O)Nc2cccc(Cl)c2Cl)Cc2ccccc2)c(C)c1. The van der Waals surface area contributed by atoms with Gasteiger partial charge in [-0.15, -0.1) is 0 Å². The number of anilines is 1. The molecule has 168 valence electrons. The van der Waals surface area contributed by atoms with Crippen LogP contribution in [0.5, 0.6) is 0 Å². The van der Waals surface area contributed by atoms with Crippen molar-refractivity contribution < 1.29 is 13.2 Å². The Morgan fingerprint density at radius 1 is 0.938 bits per heavy atom. The number of carbonyl (C=O) groups is 1. The third kappa shape index (κ3) is 5.51. The largest absolute Gasteiger partial charge is 0.324 e. The molecule has 0 aliphatic carbocycles. The zero-order chi connectivity index (χ0) is 23.5. The molecule has 3 rings (SSSR count). The minimum atomic E-state index is -3.97. The van der Waals surface area contributed by atoms with Gasteiger partial charge in [0, 0.05) is 6.54 Å². The molecule has 8 heteroatoms. The molecule has 0 fully saturated rings. The molecule has 0 saturated carbocycles.